The van der Waals surface area contributed by atoms with Crippen molar-refractivity contribution in [1.82, 2.24) is 9.21 Å². The van der Waals surface area contributed by atoms with Crippen LogP contribution in [0.5, 0.6) is 0 Å². The van der Waals surface area contributed by atoms with Gasteiger partial charge in [-0.2, -0.15) is 9.57 Å². The Hall–Kier alpha value is -1.42. The van der Waals surface area contributed by atoms with Crippen molar-refractivity contribution in [2.45, 2.75) is 30.7 Å². The van der Waals surface area contributed by atoms with Gasteiger partial charge in [0, 0.05) is 19.6 Å². The fourth-order valence-electron chi connectivity index (χ4n) is 2.80. The molecule has 0 aliphatic carbocycles. The molecule has 1 saturated heterocycles. The molecule has 1 atom stereocenters. The molecule has 0 radical (unpaired) electrons. The average Bonchev–Trinajstić information content (AvgIpc) is 2.45. The van der Waals surface area contributed by atoms with Crippen molar-refractivity contribution in [3.63, 3.8) is 0 Å². The summed E-state index contributed by atoms with van der Waals surface area (Å²) in [6.07, 6.45) is 1.89. The maximum absolute atomic E-state index is 12.8. The van der Waals surface area contributed by atoms with Gasteiger partial charge in [-0.15, -0.1) is 0 Å². The van der Waals surface area contributed by atoms with Crippen LogP contribution in [0.1, 0.15) is 24.0 Å². The molecule has 0 aromatic heterocycles. The predicted molar refractivity (Wildman–Crippen MR) is 81.4 cm³/mol. The summed E-state index contributed by atoms with van der Waals surface area (Å²) in [4.78, 5) is 2.45. The Morgan fingerprint density at radius 1 is 1.43 bits per heavy atom. The molecule has 0 saturated carbocycles. The smallest absolute Gasteiger partial charge is 0.243 e. The molecule has 1 unspecified atom stereocenters. The average molecular weight is 307 g/mol. The van der Waals surface area contributed by atoms with Crippen LogP contribution in [-0.4, -0.2) is 50.8 Å². The van der Waals surface area contributed by atoms with Crippen LogP contribution >= 0.6 is 0 Å². The zero-order chi connectivity index (χ0) is 15.6. The van der Waals surface area contributed by atoms with Crippen LogP contribution in [0.15, 0.2) is 23.1 Å². The third-order valence-electron chi connectivity index (χ3n) is 4.07. The van der Waals surface area contributed by atoms with E-state index in [-0.39, 0.29) is 10.9 Å². The molecule has 1 heterocycles. The number of benzene rings is 1. The predicted octanol–water partition coefficient (Wildman–Crippen LogP) is 1.58. The van der Waals surface area contributed by atoms with Crippen molar-refractivity contribution in [3.05, 3.63) is 29.3 Å². The number of likely N-dealkylation sites (N-methyl/N-ethyl adjacent to an activating group) is 2. The van der Waals surface area contributed by atoms with Gasteiger partial charge in [-0.25, -0.2) is 8.42 Å². The SMILES string of the molecule is Cc1cc(C#N)ccc1S(=O)(=O)N(C)C1CCCN(C)C1. The maximum Gasteiger partial charge on any atom is 0.243 e. The molecule has 1 aliphatic heterocycles. The van der Waals surface area contributed by atoms with E-state index in [1.807, 2.05) is 13.1 Å². The summed E-state index contributed by atoms with van der Waals surface area (Å²) >= 11 is 0. The molecule has 1 fully saturated rings. The summed E-state index contributed by atoms with van der Waals surface area (Å²) in [7, 11) is 0.143. The van der Waals surface area contributed by atoms with Crippen LogP contribution in [0.4, 0.5) is 0 Å². The monoisotopic (exact) mass is 307 g/mol. The largest absolute Gasteiger partial charge is 0.305 e. The number of rotatable bonds is 3. The molecule has 21 heavy (non-hydrogen) atoms. The molecule has 1 aromatic carbocycles. The van der Waals surface area contributed by atoms with E-state index < -0.39 is 10.0 Å². The summed E-state index contributed by atoms with van der Waals surface area (Å²) in [6.45, 7) is 3.50. The first-order valence-corrected chi connectivity index (χ1v) is 8.47. The van der Waals surface area contributed by atoms with Crippen LogP contribution in [0, 0.1) is 18.3 Å². The zero-order valence-electron chi connectivity index (χ0n) is 12.7. The van der Waals surface area contributed by atoms with Crippen molar-refractivity contribution in [2.24, 2.45) is 0 Å². The molecule has 5 nitrogen and oxygen atoms in total. The van der Waals surface area contributed by atoms with Gasteiger partial charge in [-0.3, -0.25) is 0 Å². The third kappa shape index (κ3) is 3.26. The Morgan fingerprint density at radius 3 is 2.71 bits per heavy atom. The lowest BCUT2D eigenvalue weighted by Gasteiger charge is -2.35. The van der Waals surface area contributed by atoms with Gasteiger partial charge in [0.15, 0.2) is 0 Å². The Balaban J connectivity index is 2.31. The Kier molecular flexibility index (Phi) is 4.67. The highest BCUT2D eigenvalue weighted by Crippen LogP contribution is 2.24. The minimum Gasteiger partial charge on any atom is -0.305 e. The van der Waals surface area contributed by atoms with Crippen molar-refractivity contribution in [3.8, 4) is 6.07 Å². The van der Waals surface area contributed by atoms with Crippen molar-refractivity contribution in [2.75, 3.05) is 27.2 Å². The van der Waals surface area contributed by atoms with Crippen molar-refractivity contribution < 1.29 is 8.42 Å². The molecule has 1 aliphatic rings. The molecule has 0 amide bonds. The molecular formula is C15H21N3O2S. The molecule has 0 spiro atoms. The number of hydrogen-bond acceptors (Lipinski definition) is 4. The quantitative estimate of drug-likeness (QED) is 0.850. The Bertz CT molecular complexity index is 664. The minimum atomic E-state index is -3.52. The number of hydrogen-bond donors (Lipinski definition) is 0. The van der Waals surface area contributed by atoms with Gasteiger partial charge in [-0.05, 0) is 57.1 Å². The summed E-state index contributed by atoms with van der Waals surface area (Å²) in [5.41, 5.74) is 1.09. The molecule has 0 bridgehead atoms. The lowest BCUT2D eigenvalue weighted by molar-refractivity contribution is 0.187. The van der Waals surface area contributed by atoms with E-state index in [4.69, 9.17) is 5.26 Å². The molecule has 0 N–H and O–H groups in total. The molecule has 114 valence electrons. The summed E-state index contributed by atoms with van der Waals surface area (Å²) in [5, 5.41) is 8.88. The number of nitrogens with zero attached hydrogens (tertiary/aromatic N) is 3. The van der Waals surface area contributed by atoms with Crippen LogP contribution < -0.4 is 0 Å². The van der Waals surface area contributed by atoms with Crippen molar-refractivity contribution >= 4 is 10.0 Å². The number of piperidine rings is 1. The minimum absolute atomic E-state index is 0.00351. The van der Waals surface area contributed by atoms with Gasteiger partial charge in [-0.1, -0.05) is 0 Å². The highest BCUT2D eigenvalue weighted by Gasteiger charge is 2.31. The maximum atomic E-state index is 12.8. The standard InChI is InChI=1S/C15H21N3O2S/c1-12-9-13(10-16)6-7-15(12)21(19,20)18(3)14-5-4-8-17(2)11-14/h6-7,9,14H,4-5,8,11H2,1-3H3. The fourth-order valence-corrected chi connectivity index (χ4v) is 4.38. The second kappa shape index (κ2) is 6.14. The van der Waals surface area contributed by atoms with Crippen LogP contribution in [0.2, 0.25) is 0 Å². The number of nitriles is 1. The van der Waals surface area contributed by atoms with Gasteiger partial charge in [0.05, 0.1) is 16.5 Å². The Morgan fingerprint density at radius 2 is 2.14 bits per heavy atom. The molecule has 6 heteroatoms. The second-order valence-corrected chi connectivity index (χ2v) is 7.64. The van der Waals surface area contributed by atoms with E-state index in [0.29, 0.717) is 11.1 Å². The van der Waals surface area contributed by atoms with E-state index in [0.717, 1.165) is 25.9 Å². The van der Waals surface area contributed by atoms with Gasteiger partial charge in [0.1, 0.15) is 0 Å². The van der Waals surface area contributed by atoms with Crippen LogP contribution in [0.25, 0.3) is 0 Å². The zero-order valence-corrected chi connectivity index (χ0v) is 13.5. The number of sulfonamides is 1. The summed E-state index contributed by atoms with van der Waals surface area (Å²) in [5.74, 6) is 0. The highest BCUT2D eigenvalue weighted by molar-refractivity contribution is 7.89. The van der Waals surface area contributed by atoms with E-state index in [9.17, 15) is 8.42 Å². The number of likely N-dealkylation sites (tertiary alicyclic amines) is 1. The first kappa shape index (κ1) is 16.0. The topological polar surface area (TPSA) is 64.4 Å². The van der Waals surface area contributed by atoms with Gasteiger partial charge < -0.3 is 4.90 Å². The lowest BCUT2D eigenvalue weighted by atomic mass is 10.1. The first-order valence-electron chi connectivity index (χ1n) is 7.03. The number of aryl methyl sites for hydroxylation is 1. The molecule has 1 aromatic rings. The van der Waals surface area contributed by atoms with Crippen LogP contribution in [0.3, 0.4) is 0 Å². The summed E-state index contributed by atoms with van der Waals surface area (Å²) in [6, 6.07) is 6.74. The van der Waals surface area contributed by atoms with Gasteiger partial charge in [0.2, 0.25) is 10.0 Å². The molecule has 2 rings (SSSR count). The van der Waals surface area contributed by atoms with E-state index in [2.05, 4.69) is 4.90 Å². The normalized spacial score (nSPS) is 20.4. The third-order valence-corrected chi connectivity index (χ3v) is 6.15. The van der Waals surface area contributed by atoms with Crippen LogP contribution in [-0.2, 0) is 10.0 Å². The van der Waals surface area contributed by atoms with Gasteiger partial charge in [0.25, 0.3) is 0 Å². The molecular weight excluding hydrogens is 286 g/mol. The van der Waals surface area contributed by atoms with Crippen molar-refractivity contribution in [1.29, 1.82) is 5.26 Å². The van der Waals surface area contributed by atoms with Gasteiger partial charge >= 0.3 is 0 Å². The van der Waals surface area contributed by atoms with E-state index in [1.165, 1.54) is 10.4 Å². The van der Waals surface area contributed by atoms with E-state index in [1.54, 1.807) is 26.1 Å². The second-order valence-electron chi connectivity index (χ2n) is 5.67. The highest BCUT2D eigenvalue weighted by atomic mass is 32.2. The Labute approximate surface area is 126 Å². The van der Waals surface area contributed by atoms with E-state index >= 15 is 0 Å². The summed E-state index contributed by atoms with van der Waals surface area (Å²) < 4.78 is 27.0. The lowest BCUT2D eigenvalue weighted by Crippen LogP contribution is -2.47. The first-order chi connectivity index (χ1) is 9.86. The fraction of sp³-hybridized carbons (Fsp3) is 0.533.